The molecule has 1 atom stereocenters. The molecule has 0 spiro atoms. The molecule has 1 heterocycles. The number of nitrogens with one attached hydrogen (secondary N) is 1. The van der Waals surface area contributed by atoms with Gasteiger partial charge in [0.05, 0.1) is 5.92 Å². The zero-order chi connectivity index (χ0) is 19.2. The summed E-state index contributed by atoms with van der Waals surface area (Å²) in [7, 11) is 0. The van der Waals surface area contributed by atoms with Crippen molar-refractivity contribution in [3.8, 4) is 5.75 Å². The fourth-order valence-corrected chi connectivity index (χ4v) is 2.92. The van der Waals surface area contributed by atoms with Gasteiger partial charge in [-0.05, 0) is 42.0 Å². The third-order valence-corrected chi connectivity index (χ3v) is 4.38. The molecule has 2 aromatic carbocycles. The van der Waals surface area contributed by atoms with Gasteiger partial charge in [0, 0.05) is 25.2 Å². The number of hydrogen-bond acceptors (Lipinski definition) is 3. The minimum absolute atomic E-state index is 0.0752. The maximum absolute atomic E-state index is 12.9. The van der Waals surface area contributed by atoms with Crippen LogP contribution in [0.2, 0.25) is 0 Å². The first-order valence-electron chi connectivity index (χ1n) is 8.73. The molecule has 1 aliphatic heterocycles. The highest BCUT2D eigenvalue weighted by Crippen LogP contribution is 2.27. The third kappa shape index (κ3) is 4.73. The highest BCUT2D eigenvalue weighted by Gasteiger charge is 2.34. The van der Waals surface area contributed by atoms with Gasteiger partial charge in [0.2, 0.25) is 11.8 Å². The summed E-state index contributed by atoms with van der Waals surface area (Å²) in [5.74, 6) is -0.199. The van der Waals surface area contributed by atoms with Crippen LogP contribution in [-0.2, 0) is 16.2 Å². The summed E-state index contributed by atoms with van der Waals surface area (Å²) in [5.41, 5.74) is 1.59. The van der Waals surface area contributed by atoms with E-state index >= 15 is 0 Å². The maximum atomic E-state index is 12.9. The predicted octanol–water partition coefficient (Wildman–Crippen LogP) is 3.06. The SMILES string of the molecule is C=CCNC(=O)[C@H]1CC(=O)N(c2ccc(OCc3ccc(F)cc3)cc2)C1. The van der Waals surface area contributed by atoms with Gasteiger partial charge in [-0.15, -0.1) is 6.58 Å². The molecule has 0 radical (unpaired) electrons. The number of rotatable bonds is 7. The molecule has 1 aliphatic rings. The van der Waals surface area contributed by atoms with Crippen molar-refractivity contribution in [1.29, 1.82) is 0 Å². The Labute approximate surface area is 157 Å². The molecule has 6 heteroatoms. The van der Waals surface area contributed by atoms with Crippen LogP contribution in [0.3, 0.4) is 0 Å². The normalized spacial score (nSPS) is 16.3. The summed E-state index contributed by atoms with van der Waals surface area (Å²) < 4.78 is 18.6. The average molecular weight is 368 g/mol. The number of nitrogens with zero attached hydrogens (tertiary/aromatic N) is 1. The third-order valence-electron chi connectivity index (χ3n) is 4.38. The summed E-state index contributed by atoms with van der Waals surface area (Å²) in [5, 5.41) is 2.73. The Hall–Kier alpha value is -3.15. The summed E-state index contributed by atoms with van der Waals surface area (Å²) in [6, 6.07) is 13.3. The first-order chi connectivity index (χ1) is 13.1. The summed E-state index contributed by atoms with van der Waals surface area (Å²) in [6.45, 7) is 4.64. The van der Waals surface area contributed by atoms with E-state index in [2.05, 4.69) is 11.9 Å². The summed E-state index contributed by atoms with van der Waals surface area (Å²) in [4.78, 5) is 25.9. The highest BCUT2D eigenvalue weighted by molar-refractivity contribution is 6.00. The number of ether oxygens (including phenoxy) is 1. The van der Waals surface area contributed by atoms with Gasteiger partial charge >= 0.3 is 0 Å². The summed E-state index contributed by atoms with van der Waals surface area (Å²) >= 11 is 0. The van der Waals surface area contributed by atoms with Gasteiger partial charge in [-0.1, -0.05) is 18.2 Å². The molecule has 3 rings (SSSR count). The zero-order valence-electron chi connectivity index (χ0n) is 14.9. The molecule has 27 heavy (non-hydrogen) atoms. The molecule has 0 aliphatic carbocycles. The Bertz CT molecular complexity index is 818. The van der Waals surface area contributed by atoms with Gasteiger partial charge in [0.1, 0.15) is 18.2 Å². The van der Waals surface area contributed by atoms with E-state index in [1.807, 2.05) is 0 Å². The number of halogens is 1. The molecular weight excluding hydrogens is 347 g/mol. The van der Waals surface area contributed by atoms with Gasteiger partial charge in [0.25, 0.3) is 0 Å². The van der Waals surface area contributed by atoms with E-state index in [4.69, 9.17) is 4.74 Å². The van der Waals surface area contributed by atoms with Gasteiger partial charge in [-0.2, -0.15) is 0 Å². The Morgan fingerprint density at radius 2 is 1.93 bits per heavy atom. The topological polar surface area (TPSA) is 58.6 Å². The largest absolute Gasteiger partial charge is 0.489 e. The highest BCUT2D eigenvalue weighted by atomic mass is 19.1. The number of hydrogen-bond donors (Lipinski definition) is 1. The first kappa shape index (κ1) is 18.6. The van der Waals surface area contributed by atoms with Crippen molar-refractivity contribution >= 4 is 17.5 Å². The van der Waals surface area contributed by atoms with Gasteiger partial charge in [-0.25, -0.2) is 4.39 Å². The monoisotopic (exact) mass is 368 g/mol. The molecule has 0 aromatic heterocycles. The Balaban J connectivity index is 1.58. The van der Waals surface area contributed by atoms with E-state index in [0.29, 0.717) is 25.4 Å². The van der Waals surface area contributed by atoms with Crippen molar-refractivity contribution in [3.05, 3.63) is 72.6 Å². The lowest BCUT2D eigenvalue weighted by molar-refractivity contribution is -0.126. The molecule has 2 amide bonds. The zero-order valence-corrected chi connectivity index (χ0v) is 14.9. The molecule has 1 saturated heterocycles. The number of benzene rings is 2. The van der Waals surface area contributed by atoms with E-state index in [-0.39, 0.29) is 30.0 Å². The second kappa shape index (κ2) is 8.49. The van der Waals surface area contributed by atoms with Crippen LogP contribution in [0, 0.1) is 11.7 Å². The van der Waals surface area contributed by atoms with Crippen molar-refractivity contribution in [2.45, 2.75) is 13.0 Å². The average Bonchev–Trinajstić information content (AvgIpc) is 3.08. The van der Waals surface area contributed by atoms with Crippen LogP contribution in [0.1, 0.15) is 12.0 Å². The fraction of sp³-hybridized carbons (Fsp3) is 0.238. The molecule has 5 nitrogen and oxygen atoms in total. The second-order valence-electron chi connectivity index (χ2n) is 6.35. The molecule has 1 fully saturated rings. The molecule has 140 valence electrons. The lowest BCUT2D eigenvalue weighted by atomic mass is 10.1. The van der Waals surface area contributed by atoms with Crippen molar-refractivity contribution in [3.63, 3.8) is 0 Å². The van der Waals surface area contributed by atoms with Gasteiger partial charge in [-0.3, -0.25) is 9.59 Å². The summed E-state index contributed by atoms with van der Waals surface area (Å²) in [6.07, 6.45) is 1.81. The molecule has 2 aromatic rings. The van der Waals surface area contributed by atoms with Crippen molar-refractivity contribution in [1.82, 2.24) is 5.32 Å². The van der Waals surface area contributed by atoms with E-state index in [0.717, 1.165) is 11.3 Å². The number of amides is 2. The van der Waals surface area contributed by atoms with Gasteiger partial charge in [0.15, 0.2) is 0 Å². The number of carbonyl (C=O) groups is 2. The maximum Gasteiger partial charge on any atom is 0.227 e. The van der Waals surface area contributed by atoms with Crippen molar-refractivity contribution in [2.24, 2.45) is 5.92 Å². The first-order valence-corrected chi connectivity index (χ1v) is 8.73. The van der Waals surface area contributed by atoms with Crippen LogP contribution in [0.4, 0.5) is 10.1 Å². The Kier molecular flexibility index (Phi) is 5.86. The number of anilines is 1. The lowest BCUT2D eigenvalue weighted by Crippen LogP contribution is -2.32. The molecular formula is C21H21FN2O3. The van der Waals surface area contributed by atoms with E-state index in [1.165, 1.54) is 12.1 Å². The lowest BCUT2D eigenvalue weighted by Gasteiger charge is -2.17. The van der Waals surface area contributed by atoms with Crippen LogP contribution < -0.4 is 15.0 Å². The van der Waals surface area contributed by atoms with Gasteiger partial charge < -0.3 is 15.0 Å². The predicted molar refractivity (Wildman–Crippen MR) is 101 cm³/mol. The Morgan fingerprint density at radius 3 is 2.59 bits per heavy atom. The molecule has 0 unspecified atom stereocenters. The Morgan fingerprint density at radius 1 is 1.22 bits per heavy atom. The molecule has 1 N–H and O–H groups in total. The minimum Gasteiger partial charge on any atom is -0.489 e. The van der Waals surface area contributed by atoms with Crippen molar-refractivity contribution in [2.75, 3.05) is 18.0 Å². The number of carbonyl (C=O) groups excluding carboxylic acids is 2. The smallest absolute Gasteiger partial charge is 0.227 e. The standard InChI is InChI=1S/C21H21FN2O3/c1-2-11-23-21(26)16-12-20(25)24(13-16)18-7-9-19(10-8-18)27-14-15-3-5-17(22)6-4-15/h2-10,16H,1,11-14H2,(H,23,26)/t16-/m0/s1. The van der Waals surface area contributed by atoms with Crippen molar-refractivity contribution < 1.29 is 18.7 Å². The quantitative estimate of drug-likeness (QED) is 0.764. The van der Waals surface area contributed by atoms with Crippen LogP contribution in [0.15, 0.2) is 61.2 Å². The van der Waals surface area contributed by atoms with E-state index in [1.54, 1.807) is 47.4 Å². The van der Waals surface area contributed by atoms with Crippen LogP contribution >= 0.6 is 0 Å². The van der Waals surface area contributed by atoms with E-state index in [9.17, 15) is 14.0 Å². The second-order valence-corrected chi connectivity index (χ2v) is 6.35. The van der Waals surface area contributed by atoms with E-state index < -0.39 is 0 Å². The van der Waals surface area contributed by atoms with Crippen LogP contribution in [-0.4, -0.2) is 24.9 Å². The molecule has 0 bridgehead atoms. The molecule has 0 saturated carbocycles. The fourth-order valence-electron chi connectivity index (χ4n) is 2.92. The van der Waals surface area contributed by atoms with Crippen LogP contribution in [0.25, 0.3) is 0 Å². The van der Waals surface area contributed by atoms with Crippen LogP contribution in [0.5, 0.6) is 5.75 Å². The minimum atomic E-state index is -0.355.